The van der Waals surface area contributed by atoms with E-state index in [1.807, 2.05) is 0 Å². The molecule has 1 fully saturated rings. The molecule has 12 heteroatoms. The predicted octanol–water partition coefficient (Wildman–Crippen LogP) is -1.86. The summed E-state index contributed by atoms with van der Waals surface area (Å²) >= 11 is 0. The fourth-order valence-electron chi connectivity index (χ4n) is 6.54. The van der Waals surface area contributed by atoms with Crippen LogP contribution in [0, 0.1) is 11.3 Å². The molecule has 4 unspecified atom stereocenters. The zero-order chi connectivity index (χ0) is 25.5. The molecular formula is C21H48O9Si3. The van der Waals surface area contributed by atoms with Crippen molar-refractivity contribution in [2.45, 2.75) is 60.2 Å². The lowest BCUT2D eigenvalue weighted by molar-refractivity contribution is -0.448. The Morgan fingerprint density at radius 3 is 1.30 bits per heavy atom. The average Bonchev–Trinajstić information content (AvgIpc) is 2.87. The second-order valence-corrected chi connectivity index (χ2v) is 11.8. The van der Waals surface area contributed by atoms with Gasteiger partial charge in [0.15, 0.2) is 5.79 Å². The minimum Gasteiger partial charge on any atom is -0.380 e. The molecule has 4 atom stereocenters. The van der Waals surface area contributed by atoms with Gasteiger partial charge in [-0.3, -0.25) is 0 Å². The number of hydrogen-bond donors (Lipinski definition) is 0. The zero-order valence-corrected chi connectivity index (χ0v) is 28.8. The first-order valence-electron chi connectivity index (χ1n) is 11.5. The van der Waals surface area contributed by atoms with Gasteiger partial charge in [0.25, 0.3) is 0 Å². The van der Waals surface area contributed by atoms with Gasteiger partial charge in [-0.25, -0.2) is 0 Å². The third kappa shape index (κ3) is 4.60. The van der Waals surface area contributed by atoms with E-state index in [1.54, 1.807) is 64.0 Å². The molecule has 33 heavy (non-hydrogen) atoms. The van der Waals surface area contributed by atoms with Crippen molar-refractivity contribution in [2.75, 3.05) is 64.0 Å². The smallest absolute Gasteiger partial charge is 0.201 e. The quantitative estimate of drug-likeness (QED) is 0.180. The van der Waals surface area contributed by atoms with Crippen LogP contribution in [-0.2, 0) is 42.6 Å². The highest BCUT2D eigenvalue weighted by Gasteiger charge is 2.76. The molecule has 0 bridgehead atoms. The zero-order valence-electron chi connectivity index (χ0n) is 22.8. The monoisotopic (exact) mass is 528 g/mol. The summed E-state index contributed by atoms with van der Waals surface area (Å²) in [6.07, 6.45) is 3.32. The Hall–Kier alpha value is 0.291. The van der Waals surface area contributed by atoms with Crippen LogP contribution in [0.3, 0.4) is 0 Å². The molecule has 0 saturated heterocycles. The van der Waals surface area contributed by atoms with E-state index in [0.717, 1.165) is 19.3 Å². The first-order chi connectivity index (χ1) is 15.6. The van der Waals surface area contributed by atoms with Crippen LogP contribution in [0.5, 0.6) is 0 Å². The van der Waals surface area contributed by atoms with Gasteiger partial charge < -0.3 is 42.6 Å². The topological polar surface area (TPSA) is 83.1 Å². The van der Waals surface area contributed by atoms with Gasteiger partial charge in [-0.2, -0.15) is 0 Å². The van der Waals surface area contributed by atoms with Crippen molar-refractivity contribution in [3.05, 3.63) is 0 Å². The van der Waals surface area contributed by atoms with Gasteiger partial charge in [0.05, 0.1) is 22.6 Å². The summed E-state index contributed by atoms with van der Waals surface area (Å²) in [5, 5.41) is 0. The maximum atomic E-state index is 6.36. The largest absolute Gasteiger partial charge is 0.380 e. The predicted molar refractivity (Wildman–Crippen MR) is 137 cm³/mol. The molecule has 9 nitrogen and oxygen atoms in total. The molecule has 1 aliphatic carbocycles. The van der Waals surface area contributed by atoms with Crippen molar-refractivity contribution in [3.63, 3.8) is 0 Å². The average molecular weight is 529 g/mol. The molecule has 198 valence electrons. The summed E-state index contributed by atoms with van der Waals surface area (Å²) in [4.78, 5) is 0. The van der Waals surface area contributed by atoms with E-state index in [0.29, 0.717) is 37.1 Å². The van der Waals surface area contributed by atoms with Crippen LogP contribution in [0.25, 0.3) is 0 Å². The van der Waals surface area contributed by atoms with Gasteiger partial charge in [0.2, 0.25) is 11.6 Å². The second-order valence-electron chi connectivity index (χ2n) is 8.68. The Kier molecular flexibility index (Phi) is 12.4. The maximum Gasteiger partial charge on any atom is 0.201 e. The summed E-state index contributed by atoms with van der Waals surface area (Å²) in [5.74, 6) is -3.85. The van der Waals surface area contributed by atoms with E-state index in [4.69, 9.17) is 42.6 Å². The van der Waals surface area contributed by atoms with E-state index in [9.17, 15) is 0 Å². The van der Waals surface area contributed by atoms with Crippen molar-refractivity contribution in [1.29, 1.82) is 0 Å². The number of ether oxygens (including phenoxy) is 9. The van der Waals surface area contributed by atoms with E-state index >= 15 is 0 Å². The summed E-state index contributed by atoms with van der Waals surface area (Å²) in [5.41, 5.74) is -1.93. The number of hydrogen-bond acceptors (Lipinski definition) is 9. The molecule has 0 amide bonds. The maximum absolute atomic E-state index is 6.36. The van der Waals surface area contributed by atoms with Crippen LogP contribution < -0.4 is 0 Å². The summed E-state index contributed by atoms with van der Waals surface area (Å²) in [7, 11) is 16.9. The summed E-state index contributed by atoms with van der Waals surface area (Å²) in [6.45, 7) is 0. The highest BCUT2D eigenvalue weighted by atomic mass is 28.2. The highest BCUT2D eigenvalue weighted by molar-refractivity contribution is 6.13. The van der Waals surface area contributed by atoms with Crippen molar-refractivity contribution >= 4 is 30.7 Å². The van der Waals surface area contributed by atoms with E-state index < -0.39 is 22.8 Å². The molecule has 1 rings (SSSR count). The molecule has 1 saturated carbocycles. The Balaban J connectivity index is 4.27. The molecule has 0 radical (unpaired) electrons. The molecule has 0 aromatic rings. The van der Waals surface area contributed by atoms with Gasteiger partial charge in [-0.1, -0.05) is 12.8 Å². The molecule has 0 aliphatic heterocycles. The highest BCUT2D eigenvalue weighted by Crippen LogP contribution is 2.64. The normalized spacial score (nSPS) is 25.9. The minimum absolute atomic E-state index is 0.280. The number of methoxy groups -OCH3 is 9. The lowest BCUT2D eigenvalue weighted by atomic mass is 9.54. The van der Waals surface area contributed by atoms with E-state index in [2.05, 4.69) is 0 Å². The van der Waals surface area contributed by atoms with Gasteiger partial charge in [-0.15, -0.1) is 0 Å². The van der Waals surface area contributed by atoms with Crippen LogP contribution in [-0.4, -0.2) is 129 Å². The van der Waals surface area contributed by atoms with Crippen molar-refractivity contribution in [3.8, 4) is 0 Å². The molecule has 1 aliphatic rings. The molecule has 0 aromatic carbocycles. The number of rotatable bonds is 15. The van der Waals surface area contributed by atoms with Gasteiger partial charge in [-0.05, 0) is 12.8 Å². The molecular weight excluding hydrogens is 480 g/mol. The van der Waals surface area contributed by atoms with Crippen molar-refractivity contribution in [1.82, 2.24) is 0 Å². The van der Waals surface area contributed by atoms with Crippen LogP contribution >= 0.6 is 0 Å². The Bertz CT molecular complexity index is 545. The first-order valence-corrected chi connectivity index (χ1v) is 15.0. The fourth-order valence-corrected chi connectivity index (χ4v) is 9.38. The van der Waals surface area contributed by atoms with Gasteiger partial charge in [0, 0.05) is 101 Å². The Labute approximate surface area is 209 Å². The Morgan fingerprint density at radius 2 is 1.00 bits per heavy atom. The van der Waals surface area contributed by atoms with E-state index in [-0.39, 0.29) is 23.1 Å². The van der Waals surface area contributed by atoms with Gasteiger partial charge >= 0.3 is 0 Å². The third-order valence-electron chi connectivity index (χ3n) is 8.19. The molecule has 0 heterocycles. The van der Waals surface area contributed by atoms with Crippen LogP contribution in [0.1, 0.15) is 25.7 Å². The lowest BCUT2D eigenvalue weighted by Gasteiger charge is -2.66. The Morgan fingerprint density at radius 1 is 0.606 bits per heavy atom. The standard InChI is InChI=1S/C21H48O9Si3/c1-22-15(31)19(25-4,26-5)14-12-10-11-13-18(14,20(27-6,28-7)16(32)23-2)21(29-8,30-9)17(33)24-3/h14-17H,10-13H2,1-9,31-33H3. The molecule has 0 aromatic heterocycles. The molecule has 0 N–H and O–H groups in total. The van der Waals surface area contributed by atoms with Crippen molar-refractivity contribution in [2.24, 2.45) is 11.3 Å². The van der Waals surface area contributed by atoms with E-state index in [1.165, 1.54) is 0 Å². The second kappa shape index (κ2) is 13.0. The van der Waals surface area contributed by atoms with Crippen LogP contribution in [0.4, 0.5) is 0 Å². The third-order valence-corrected chi connectivity index (χ3v) is 11.9. The van der Waals surface area contributed by atoms with Crippen LogP contribution in [0.2, 0.25) is 0 Å². The summed E-state index contributed by atoms with van der Waals surface area (Å²) < 4.78 is 55.7. The molecule has 0 spiro atoms. The van der Waals surface area contributed by atoms with Gasteiger partial charge in [0.1, 0.15) is 0 Å². The SMILES string of the molecule is COC([SiH3])C(OC)(OC)C1CCCCC1(C(OC)(OC)C([SiH3])OC)C(OC)(OC)C([SiH3])OC. The van der Waals surface area contributed by atoms with Crippen molar-refractivity contribution < 1.29 is 42.6 Å². The summed E-state index contributed by atoms with van der Waals surface area (Å²) in [6, 6.07) is 0. The fraction of sp³-hybridized carbons (Fsp3) is 1.00. The van der Waals surface area contributed by atoms with Crippen LogP contribution in [0.15, 0.2) is 0 Å². The lowest BCUT2D eigenvalue weighted by Crippen LogP contribution is -2.79. The minimum atomic E-state index is -1.23. The first kappa shape index (κ1) is 31.3.